The maximum absolute atomic E-state index is 11.5. The third kappa shape index (κ3) is 1.57. The van der Waals surface area contributed by atoms with Gasteiger partial charge in [-0.15, -0.1) is 0 Å². The average Bonchev–Trinajstić information content (AvgIpc) is 2.74. The van der Waals surface area contributed by atoms with Crippen molar-refractivity contribution in [2.45, 2.75) is 38.7 Å². The second-order valence-corrected chi connectivity index (χ2v) is 7.27. The molecule has 106 valence electrons. The van der Waals surface area contributed by atoms with E-state index in [1.54, 1.807) is 6.08 Å². The molecule has 2 heteroatoms. The molecule has 0 aromatic heterocycles. The van der Waals surface area contributed by atoms with Gasteiger partial charge in [0, 0.05) is 11.3 Å². The lowest BCUT2D eigenvalue weighted by Crippen LogP contribution is -2.47. The average molecular weight is 270 g/mol. The summed E-state index contributed by atoms with van der Waals surface area (Å²) < 4.78 is 0. The molecule has 4 aliphatic carbocycles. The fourth-order valence-electron chi connectivity index (χ4n) is 5.24. The number of aliphatic hydroxyl groups excluding tert-OH is 1. The summed E-state index contributed by atoms with van der Waals surface area (Å²) in [7, 11) is 0. The first-order valence-corrected chi connectivity index (χ1v) is 7.88. The number of hydrogen-bond donors (Lipinski definition) is 1. The molecule has 2 nitrogen and oxygen atoms in total. The first-order valence-electron chi connectivity index (χ1n) is 7.88. The highest BCUT2D eigenvalue weighted by Gasteiger charge is 2.53. The molecule has 0 bridgehead atoms. The molecule has 4 aliphatic rings. The molecule has 2 saturated carbocycles. The van der Waals surface area contributed by atoms with Gasteiger partial charge in [-0.3, -0.25) is 4.79 Å². The molecule has 4 rings (SSSR count). The zero-order chi connectivity index (χ0) is 13.9. The van der Waals surface area contributed by atoms with Crippen LogP contribution in [0.2, 0.25) is 0 Å². The van der Waals surface area contributed by atoms with Crippen molar-refractivity contribution in [3.63, 3.8) is 0 Å². The molecule has 0 heterocycles. The molecule has 0 unspecified atom stereocenters. The van der Waals surface area contributed by atoms with Crippen molar-refractivity contribution in [1.82, 2.24) is 0 Å². The molecule has 0 spiro atoms. The second-order valence-electron chi connectivity index (χ2n) is 7.27. The van der Waals surface area contributed by atoms with Crippen LogP contribution in [0.5, 0.6) is 0 Å². The van der Waals surface area contributed by atoms with E-state index in [2.05, 4.69) is 19.1 Å². The minimum Gasteiger partial charge on any atom is -0.388 e. The quantitative estimate of drug-likeness (QED) is 0.687. The monoisotopic (exact) mass is 270 g/mol. The lowest BCUT2D eigenvalue weighted by molar-refractivity contribution is -0.110. The van der Waals surface area contributed by atoms with Crippen LogP contribution in [-0.2, 0) is 4.79 Å². The van der Waals surface area contributed by atoms with Gasteiger partial charge in [0.2, 0.25) is 0 Å². The smallest absolute Gasteiger partial charge is 0.178 e. The molecule has 0 amide bonds. The first-order chi connectivity index (χ1) is 9.59. The number of carbonyl (C=O) groups is 1. The highest BCUT2D eigenvalue weighted by Crippen LogP contribution is 2.59. The minimum atomic E-state index is -0.270. The fourth-order valence-corrected chi connectivity index (χ4v) is 5.24. The topological polar surface area (TPSA) is 37.3 Å². The van der Waals surface area contributed by atoms with Crippen molar-refractivity contribution >= 4 is 5.78 Å². The molecule has 0 aromatic rings. The number of allylic oxidation sites excluding steroid dienone is 5. The van der Waals surface area contributed by atoms with Crippen molar-refractivity contribution in [2.75, 3.05) is 0 Å². The summed E-state index contributed by atoms with van der Waals surface area (Å²) in [6.07, 6.45) is 14.3. The fraction of sp³-hybridized carbons (Fsp3) is 0.611. The van der Waals surface area contributed by atoms with E-state index in [0.29, 0.717) is 23.7 Å². The zero-order valence-electron chi connectivity index (χ0n) is 12.0. The standard InChI is InChI=1S/C18H22O2/c1-18-9-8-14-13-5-3-12(19)10-11(13)2-4-15(14)16(18)6-7-17(18)20/h3,5-7,10,13-17,20H,2,4,8-9H2,1H3/t13-,14+,15+,16-,17-,18-/m0/s1. The molecular weight excluding hydrogens is 248 g/mol. The summed E-state index contributed by atoms with van der Waals surface area (Å²) in [6.45, 7) is 2.25. The molecule has 2 fully saturated rings. The van der Waals surface area contributed by atoms with Crippen molar-refractivity contribution < 1.29 is 9.90 Å². The molecule has 0 saturated heterocycles. The largest absolute Gasteiger partial charge is 0.388 e. The van der Waals surface area contributed by atoms with Crippen LogP contribution in [0.4, 0.5) is 0 Å². The Labute approximate surface area is 120 Å². The van der Waals surface area contributed by atoms with Crippen LogP contribution in [0.25, 0.3) is 0 Å². The van der Waals surface area contributed by atoms with Crippen LogP contribution in [-0.4, -0.2) is 17.0 Å². The third-order valence-electron chi connectivity index (χ3n) is 6.42. The maximum atomic E-state index is 11.5. The Morgan fingerprint density at radius 1 is 1.20 bits per heavy atom. The highest BCUT2D eigenvalue weighted by atomic mass is 16.3. The molecule has 6 atom stereocenters. The molecule has 0 radical (unpaired) electrons. The highest BCUT2D eigenvalue weighted by molar-refractivity contribution is 6.00. The maximum Gasteiger partial charge on any atom is 0.178 e. The Balaban J connectivity index is 1.66. The predicted molar refractivity (Wildman–Crippen MR) is 77.9 cm³/mol. The predicted octanol–water partition coefficient (Wildman–Crippen LogP) is 3.04. The van der Waals surface area contributed by atoms with Crippen molar-refractivity contribution in [3.05, 3.63) is 36.0 Å². The minimum absolute atomic E-state index is 0.0522. The van der Waals surface area contributed by atoms with E-state index < -0.39 is 0 Å². The van der Waals surface area contributed by atoms with Gasteiger partial charge in [0.15, 0.2) is 5.78 Å². The number of fused-ring (bicyclic) bond motifs is 5. The van der Waals surface area contributed by atoms with Gasteiger partial charge in [0.1, 0.15) is 0 Å². The Kier molecular flexibility index (Phi) is 2.62. The van der Waals surface area contributed by atoms with Crippen molar-refractivity contribution in [2.24, 2.45) is 29.1 Å². The van der Waals surface area contributed by atoms with E-state index in [4.69, 9.17) is 0 Å². The van der Waals surface area contributed by atoms with Crippen LogP contribution in [0.15, 0.2) is 36.0 Å². The summed E-state index contributed by atoms with van der Waals surface area (Å²) in [5, 5.41) is 10.3. The van der Waals surface area contributed by atoms with Crippen LogP contribution >= 0.6 is 0 Å². The molecule has 20 heavy (non-hydrogen) atoms. The third-order valence-corrected chi connectivity index (χ3v) is 6.42. The summed E-state index contributed by atoms with van der Waals surface area (Å²) in [5.74, 6) is 2.48. The Morgan fingerprint density at radius 3 is 2.90 bits per heavy atom. The van der Waals surface area contributed by atoms with Crippen LogP contribution in [0, 0.1) is 29.1 Å². The van der Waals surface area contributed by atoms with Gasteiger partial charge in [0.05, 0.1) is 6.10 Å². The second kappa shape index (κ2) is 4.17. The normalized spacial score (nSPS) is 49.4. The van der Waals surface area contributed by atoms with Gasteiger partial charge in [-0.1, -0.05) is 30.7 Å². The summed E-state index contributed by atoms with van der Waals surface area (Å²) in [4.78, 5) is 11.5. The zero-order valence-corrected chi connectivity index (χ0v) is 12.0. The van der Waals surface area contributed by atoms with Gasteiger partial charge in [-0.25, -0.2) is 0 Å². The molecule has 0 aliphatic heterocycles. The summed E-state index contributed by atoms with van der Waals surface area (Å²) >= 11 is 0. The van der Waals surface area contributed by atoms with Gasteiger partial charge >= 0.3 is 0 Å². The Hall–Kier alpha value is -1.15. The lowest BCUT2D eigenvalue weighted by Gasteiger charge is -2.52. The van der Waals surface area contributed by atoms with Gasteiger partial charge in [-0.2, -0.15) is 0 Å². The van der Waals surface area contributed by atoms with Crippen LogP contribution in [0.1, 0.15) is 32.6 Å². The van der Waals surface area contributed by atoms with E-state index >= 15 is 0 Å². The van der Waals surface area contributed by atoms with E-state index in [0.717, 1.165) is 12.8 Å². The first kappa shape index (κ1) is 12.6. The number of rotatable bonds is 0. The van der Waals surface area contributed by atoms with E-state index in [1.165, 1.54) is 18.4 Å². The van der Waals surface area contributed by atoms with Crippen LogP contribution < -0.4 is 0 Å². The van der Waals surface area contributed by atoms with E-state index in [1.807, 2.05) is 12.2 Å². The summed E-state index contributed by atoms with van der Waals surface area (Å²) in [5.41, 5.74) is 1.40. The van der Waals surface area contributed by atoms with E-state index in [-0.39, 0.29) is 17.3 Å². The SMILES string of the molecule is C[C@]12CC[C@H]3[C@@H](CCC4=CC(=O)C=C[C@@H]43)[C@@H]1C=C[C@@H]2O. The summed E-state index contributed by atoms with van der Waals surface area (Å²) in [6, 6.07) is 0. The number of carbonyl (C=O) groups excluding carboxylic acids is 1. The van der Waals surface area contributed by atoms with Crippen molar-refractivity contribution in [1.29, 1.82) is 0 Å². The van der Waals surface area contributed by atoms with Gasteiger partial charge < -0.3 is 5.11 Å². The molecular formula is C18H22O2. The van der Waals surface area contributed by atoms with E-state index in [9.17, 15) is 9.90 Å². The van der Waals surface area contributed by atoms with Crippen LogP contribution in [0.3, 0.4) is 0 Å². The molecule has 1 N–H and O–H groups in total. The number of ketones is 1. The molecule has 0 aromatic carbocycles. The van der Waals surface area contributed by atoms with Gasteiger partial charge in [-0.05, 0) is 55.6 Å². The Morgan fingerprint density at radius 2 is 2.05 bits per heavy atom. The van der Waals surface area contributed by atoms with Gasteiger partial charge in [0.25, 0.3) is 0 Å². The Bertz CT molecular complexity index is 542. The lowest BCUT2D eigenvalue weighted by atomic mass is 9.52. The van der Waals surface area contributed by atoms with Crippen molar-refractivity contribution in [3.8, 4) is 0 Å². The number of hydrogen-bond acceptors (Lipinski definition) is 2. The number of aliphatic hydroxyl groups is 1.